The number of piperidine rings is 1. The van der Waals surface area contributed by atoms with Gasteiger partial charge in [-0.2, -0.15) is 5.26 Å². The Balaban J connectivity index is 1.22. The van der Waals surface area contributed by atoms with Gasteiger partial charge in [0, 0.05) is 89.6 Å². The molecule has 0 unspecified atom stereocenters. The van der Waals surface area contributed by atoms with Crippen LogP contribution in [0.25, 0.3) is 32.9 Å². The Kier molecular flexibility index (Phi) is 7.54. The maximum absolute atomic E-state index is 17.3. The highest BCUT2D eigenvalue weighted by atomic mass is 35.5. The van der Waals surface area contributed by atoms with Gasteiger partial charge < -0.3 is 19.7 Å². The molecule has 7 heterocycles. The van der Waals surface area contributed by atoms with Crippen molar-refractivity contribution in [2.75, 3.05) is 24.5 Å². The molecule has 5 aromatic rings. The van der Waals surface area contributed by atoms with E-state index in [0.717, 1.165) is 61.1 Å². The predicted octanol–water partition coefficient (Wildman–Crippen LogP) is 7.58. The number of nitrogens with one attached hydrogen (secondary N) is 1. The lowest BCUT2D eigenvalue weighted by atomic mass is 9.79. The summed E-state index contributed by atoms with van der Waals surface area (Å²) in [6.45, 7) is 4.31. The van der Waals surface area contributed by atoms with Crippen LogP contribution in [0, 0.1) is 41.8 Å². The molecule has 4 saturated heterocycles. The first-order valence-corrected chi connectivity index (χ1v) is 19.1. The molecule has 4 aliphatic heterocycles. The summed E-state index contributed by atoms with van der Waals surface area (Å²) >= 11 is 13.2. The summed E-state index contributed by atoms with van der Waals surface area (Å²) in [6.07, 6.45) is 7.98. The molecule has 11 rings (SSSR count). The van der Waals surface area contributed by atoms with Gasteiger partial charge in [0.25, 0.3) is 0 Å². The van der Waals surface area contributed by atoms with E-state index in [1.54, 1.807) is 30.6 Å². The number of pyridine rings is 1. The van der Waals surface area contributed by atoms with E-state index in [1.165, 1.54) is 0 Å². The van der Waals surface area contributed by atoms with Crippen molar-refractivity contribution in [3.63, 3.8) is 0 Å². The minimum Gasteiger partial charge on any atom is -0.338 e. The number of benzene rings is 2. The average molecular weight is 736 g/mol. The van der Waals surface area contributed by atoms with Gasteiger partial charge in [-0.1, -0.05) is 35.3 Å². The summed E-state index contributed by atoms with van der Waals surface area (Å²) in [4.78, 5) is 32.9. The van der Waals surface area contributed by atoms with Crippen molar-refractivity contribution in [3.8, 4) is 17.2 Å². The number of carbonyl (C=O) groups excluding carboxylic acids is 1. The number of nitriles is 1. The minimum atomic E-state index is -0.468. The Morgan fingerprint density at radius 2 is 1.90 bits per heavy atom. The minimum absolute atomic E-state index is 0.0411. The van der Waals surface area contributed by atoms with Crippen molar-refractivity contribution in [3.05, 3.63) is 81.6 Å². The topological polar surface area (TPSA) is 103 Å². The monoisotopic (exact) mass is 734 g/mol. The number of anilines is 1. The Labute approximate surface area is 310 Å². The second-order valence-corrected chi connectivity index (χ2v) is 16.1. The average Bonchev–Trinajstić information content (AvgIpc) is 3.43. The highest BCUT2D eigenvalue weighted by Gasteiger charge is 2.55. The number of halogens is 3. The molecule has 2 saturated carbocycles. The van der Waals surface area contributed by atoms with Crippen LogP contribution in [0.5, 0.6) is 0 Å². The summed E-state index contributed by atoms with van der Waals surface area (Å²) in [5.41, 5.74) is 4.56. The number of nitrogens with zero attached hydrogens (tertiary/aromatic N) is 7. The molecule has 2 aromatic carbocycles. The van der Waals surface area contributed by atoms with E-state index < -0.39 is 5.82 Å². The molecule has 1 amide bonds. The van der Waals surface area contributed by atoms with E-state index >= 15 is 4.39 Å². The van der Waals surface area contributed by atoms with Gasteiger partial charge in [-0.15, -0.1) is 0 Å². The number of aryl methyl sites for hydroxylation is 2. The van der Waals surface area contributed by atoms with E-state index in [9.17, 15) is 10.1 Å². The van der Waals surface area contributed by atoms with E-state index in [4.69, 9.17) is 28.2 Å². The zero-order chi connectivity index (χ0) is 35.4. The van der Waals surface area contributed by atoms with E-state index in [2.05, 4.69) is 41.8 Å². The van der Waals surface area contributed by atoms with Crippen LogP contribution < -0.4 is 10.2 Å². The predicted molar refractivity (Wildman–Crippen MR) is 199 cm³/mol. The third kappa shape index (κ3) is 4.82. The second-order valence-electron chi connectivity index (χ2n) is 15.3. The number of hydrogen-bond acceptors (Lipinski definition) is 7. The summed E-state index contributed by atoms with van der Waals surface area (Å²) in [6, 6.07) is 13.9. The zero-order valence-electron chi connectivity index (χ0n) is 28.7. The lowest BCUT2D eigenvalue weighted by molar-refractivity contribution is -0.135. The quantitative estimate of drug-likeness (QED) is 0.184. The van der Waals surface area contributed by atoms with Crippen LogP contribution in [0.15, 0.2) is 48.8 Å². The number of fused-ring (bicyclic) bond motifs is 6. The molecule has 12 heteroatoms. The first-order valence-electron chi connectivity index (χ1n) is 18.4. The van der Waals surface area contributed by atoms with Gasteiger partial charge in [0.1, 0.15) is 5.52 Å². The molecule has 6 aliphatic rings. The highest BCUT2D eigenvalue weighted by molar-refractivity contribution is 6.43. The number of amides is 1. The third-order valence-electron chi connectivity index (χ3n) is 12.4. The molecule has 0 radical (unpaired) electrons. The number of likely N-dealkylation sites (tertiary alicyclic amines) is 1. The van der Waals surface area contributed by atoms with Crippen molar-refractivity contribution in [2.24, 2.45) is 17.8 Å². The smallest absolute Gasteiger partial charge is 0.226 e. The van der Waals surface area contributed by atoms with Gasteiger partial charge in [0.15, 0.2) is 5.82 Å². The molecule has 6 fully saturated rings. The maximum Gasteiger partial charge on any atom is 0.226 e. The molecule has 0 spiro atoms. The number of aromatic nitrogens is 4. The fraction of sp³-hybridized carbons (Fsp3) is 0.425. The van der Waals surface area contributed by atoms with Crippen LogP contribution in [-0.4, -0.2) is 62.0 Å². The molecule has 3 aromatic heterocycles. The standard InChI is InChI=1S/C40H37Cl2FN8O/c1-20-27-16-31(37-24-13-25(50(37)39(52)21-8-9-21)19-49(18-24)40-45-11-4-12-46-40)51(36-23-15-30(36)47-17-23)38(27)28-14-22(5-3-10-44)32(34(43)35(28)48-20)26-6-2-7-29(41)33(26)42/h2,4,6-7,11-12,14,16,21,23-25,30,36-37,47H,3,5,8-9,13,15,17-19H2,1H3/t23-,24+,25-,30-,36+,37-/m1/s1. The van der Waals surface area contributed by atoms with Crippen molar-refractivity contribution in [2.45, 2.75) is 69.6 Å². The fourth-order valence-electron chi connectivity index (χ4n) is 9.92. The lowest BCUT2D eigenvalue weighted by Crippen LogP contribution is -2.45. The first-order chi connectivity index (χ1) is 25.3. The van der Waals surface area contributed by atoms with Crippen LogP contribution in [0.4, 0.5) is 10.3 Å². The largest absolute Gasteiger partial charge is 0.338 e. The summed E-state index contributed by atoms with van der Waals surface area (Å²) in [5, 5.41) is 15.7. The molecule has 264 valence electrons. The highest BCUT2D eigenvalue weighted by Crippen LogP contribution is 2.54. The molecule has 1 N–H and O–H groups in total. The number of rotatable bonds is 7. The Morgan fingerprint density at radius 1 is 1.08 bits per heavy atom. The van der Waals surface area contributed by atoms with Gasteiger partial charge in [0.2, 0.25) is 11.9 Å². The molecule has 4 bridgehead atoms. The number of hydrogen-bond donors (Lipinski definition) is 1. The van der Waals surface area contributed by atoms with Gasteiger partial charge >= 0.3 is 0 Å². The van der Waals surface area contributed by atoms with Gasteiger partial charge in [-0.3, -0.25) is 4.79 Å². The third-order valence-corrected chi connectivity index (χ3v) is 13.2. The fourth-order valence-corrected chi connectivity index (χ4v) is 10.3. The van der Waals surface area contributed by atoms with Crippen molar-refractivity contribution >= 4 is 56.9 Å². The molecule has 52 heavy (non-hydrogen) atoms. The molecule has 9 nitrogen and oxygen atoms in total. The second kappa shape index (κ2) is 12.1. The Morgan fingerprint density at radius 3 is 2.63 bits per heavy atom. The van der Waals surface area contributed by atoms with Crippen molar-refractivity contribution < 1.29 is 9.18 Å². The number of carbonyl (C=O) groups is 1. The van der Waals surface area contributed by atoms with Crippen LogP contribution in [-0.2, 0) is 11.2 Å². The molecular formula is C40H37Cl2FN8O. The van der Waals surface area contributed by atoms with Gasteiger partial charge in [-0.25, -0.2) is 19.3 Å². The normalized spacial score (nSPS) is 26.3. The lowest BCUT2D eigenvalue weighted by Gasteiger charge is -2.40. The molecular weight excluding hydrogens is 698 g/mol. The summed E-state index contributed by atoms with van der Waals surface area (Å²) < 4.78 is 19.7. The Bertz CT molecular complexity index is 2320. The van der Waals surface area contributed by atoms with Crippen molar-refractivity contribution in [1.82, 2.24) is 29.7 Å². The van der Waals surface area contributed by atoms with Gasteiger partial charge in [0.05, 0.1) is 39.8 Å². The molecule has 6 atom stereocenters. The van der Waals surface area contributed by atoms with E-state index in [1.807, 2.05) is 19.1 Å². The van der Waals surface area contributed by atoms with E-state index in [0.29, 0.717) is 51.9 Å². The first kappa shape index (κ1) is 32.4. The summed E-state index contributed by atoms with van der Waals surface area (Å²) in [5.74, 6) is 1.13. The molecule has 2 aliphatic carbocycles. The van der Waals surface area contributed by atoms with Crippen LogP contribution in [0.2, 0.25) is 10.0 Å². The Hall–Kier alpha value is -4.30. The van der Waals surface area contributed by atoms with Crippen LogP contribution >= 0.6 is 23.2 Å². The zero-order valence-corrected chi connectivity index (χ0v) is 30.2. The SMILES string of the molecule is Cc1nc2c(F)c(-c3cccc(Cl)c3Cl)c(CCC#N)cc2c2c1cc([C@H]1[C@H]3C[C@H](CN(c4ncccn4)C3)N1C(=O)C1CC1)n2[C@H]1[C@H]2CN[C@@H]1C2. The van der Waals surface area contributed by atoms with E-state index in [-0.39, 0.29) is 58.9 Å². The van der Waals surface area contributed by atoms with Gasteiger partial charge in [-0.05, 0) is 74.8 Å². The van der Waals surface area contributed by atoms with Crippen LogP contribution in [0.1, 0.15) is 61.1 Å². The van der Waals surface area contributed by atoms with Crippen LogP contribution in [0.3, 0.4) is 0 Å². The summed E-state index contributed by atoms with van der Waals surface area (Å²) in [7, 11) is 0. The maximum atomic E-state index is 17.3. The van der Waals surface area contributed by atoms with Crippen molar-refractivity contribution in [1.29, 1.82) is 5.26 Å².